The van der Waals surface area contributed by atoms with E-state index in [-0.39, 0.29) is 18.2 Å². The average Bonchev–Trinajstić information content (AvgIpc) is 2.36. The number of aromatic nitrogens is 1. The lowest BCUT2D eigenvalue weighted by Gasteiger charge is -2.20. The molecule has 2 N–H and O–H groups in total. The number of carboxylic acid groups (broad SMARTS) is 1. The van der Waals surface area contributed by atoms with E-state index in [0.717, 1.165) is 5.56 Å². The fourth-order valence-electron chi connectivity index (χ4n) is 1.59. The molecule has 2 atom stereocenters. The number of pyridine rings is 1. The molecule has 18 heavy (non-hydrogen) atoms. The highest BCUT2D eigenvalue weighted by atomic mass is 16.4. The number of amides is 1. The van der Waals surface area contributed by atoms with Crippen molar-refractivity contribution >= 4 is 11.9 Å². The van der Waals surface area contributed by atoms with E-state index in [9.17, 15) is 9.59 Å². The molecule has 0 unspecified atom stereocenters. The summed E-state index contributed by atoms with van der Waals surface area (Å²) in [7, 11) is 0. The van der Waals surface area contributed by atoms with E-state index < -0.39 is 12.0 Å². The largest absolute Gasteiger partial charge is 0.480 e. The predicted molar refractivity (Wildman–Crippen MR) is 67.0 cm³/mol. The van der Waals surface area contributed by atoms with Gasteiger partial charge in [-0.05, 0) is 23.6 Å². The maximum absolute atomic E-state index is 11.8. The topological polar surface area (TPSA) is 79.3 Å². The summed E-state index contributed by atoms with van der Waals surface area (Å²) >= 11 is 0. The second-order valence-corrected chi connectivity index (χ2v) is 4.30. The zero-order valence-electron chi connectivity index (χ0n) is 10.6. The maximum Gasteiger partial charge on any atom is 0.326 e. The molecule has 0 aliphatic carbocycles. The van der Waals surface area contributed by atoms with E-state index in [1.807, 2.05) is 13.8 Å². The third-order valence-corrected chi connectivity index (χ3v) is 2.91. The van der Waals surface area contributed by atoms with E-state index in [1.54, 1.807) is 24.5 Å². The van der Waals surface area contributed by atoms with E-state index in [1.165, 1.54) is 0 Å². The zero-order chi connectivity index (χ0) is 13.5. The molecular formula is C13H18N2O3. The quantitative estimate of drug-likeness (QED) is 0.796. The number of nitrogens with one attached hydrogen (secondary N) is 1. The number of carbonyl (C=O) groups excluding carboxylic acids is 1. The Morgan fingerprint density at radius 2 is 2.00 bits per heavy atom. The van der Waals surface area contributed by atoms with Crippen LogP contribution in [0.1, 0.15) is 25.8 Å². The van der Waals surface area contributed by atoms with Crippen LogP contribution in [0.2, 0.25) is 0 Å². The molecule has 1 rings (SSSR count). The van der Waals surface area contributed by atoms with E-state index >= 15 is 0 Å². The summed E-state index contributed by atoms with van der Waals surface area (Å²) in [6, 6.07) is 2.64. The van der Waals surface area contributed by atoms with Crippen molar-refractivity contribution in [3.63, 3.8) is 0 Å². The molecule has 0 fully saturated rings. The van der Waals surface area contributed by atoms with Gasteiger partial charge < -0.3 is 10.4 Å². The molecular weight excluding hydrogens is 232 g/mol. The number of carbonyl (C=O) groups is 2. The molecule has 0 saturated carbocycles. The first kappa shape index (κ1) is 14.2. The van der Waals surface area contributed by atoms with Crippen LogP contribution in [0.3, 0.4) is 0 Å². The van der Waals surface area contributed by atoms with Gasteiger partial charge in [0.15, 0.2) is 0 Å². The van der Waals surface area contributed by atoms with Crippen LogP contribution < -0.4 is 5.32 Å². The Hall–Kier alpha value is -1.91. The highest BCUT2D eigenvalue weighted by Gasteiger charge is 2.25. The number of rotatable bonds is 6. The van der Waals surface area contributed by atoms with Gasteiger partial charge in [-0.2, -0.15) is 0 Å². The van der Waals surface area contributed by atoms with Crippen LogP contribution in [-0.4, -0.2) is 28.0 Å². The van der Waals surface area contributed by atoms with Gasteiger partial charge in [0.05, 0.1) is 6.42 Å². The van der Waals surface area contributed by atoms with Gasteiger partial charge in [-0.3, -0.25) is 9.78 Å². The van der Waals surface area contributed by atoms with Crippen molar-refractivity contribution < 1.29 is 14.7 Å². The van der Waals surface area contributed by atoms with Gasteiger partial charge in [0.25, 0.3) is 0 Å². The summed E-state index contributed by atoms with van der Waals surface area (Å²) in [5.74, 6) is -1.37. The Morgan fingerprint density at radius 1 is 1.39 bits per heavy atom. The van der Waals surface area contributed by atoms with Crippen molar-refractivity contribution in [2.24, 2.45) is 5.92 Å². The van der Waals surface area contributed by atoms with Crippen LogP contribution in [0, 0.1) is 5.92 Å². The van der Waals surface area contributed by atoms with Gasteiger partial charge in [0.2, 0.25) is 5.91 Å². The lowest BCUT2D eigenvalue weighted by atomic mass is 9.99. The summed E-state index contributed by atoms with van der Waals surface area (Å²) < 4.78 is 0. The first-order chi connectivity index (χ1) is 8.54. The third-order valence-electron chi connectivity index (χ3n) is 2.91. The molecule has 5 heteroatoms. The second-order valence-electron chi connectivity index (χ2n) is 4.30. The smallest absolute Gasteiger partial charge is 0.326 e. The molecule has 1 aromatic heterocycles. The number of aliphatic carboxylic acids is 1. The Morgan fingerprint density at radius 3 is 2.50 bits per heavy atom. The first-order valence-corrected chi connectivity index (χ1v) is 5.95. The third kappa shape index (κ3) is 4.16. The van der Waals surface area contributed by atoms with E-state index in [2.05, 4.69) is 10.3 Å². The van der Waals surface area contributed by atoms with Crippen molar-refractivity contribution in [1.29, 1.82) is 0 Å². The lowest BCUT2D eigenvalue weighted by molar-refractivity contribution is -0.143. The maximum atomic E-state index is 11.8. The Labute approximate surface area is 106 Å². The van der Waals surface area contributed by atoms with Crippen LogP contribution in [0.25, 0.3) is 0 Å². The molecule has 0 saturated heterocycles. The summed E-state index contributed by atoms with van der Waals surface area (Å²) in [5.41, 5.74) is 0.816. The fraction of sp³-hybridized carbons (Fsp3) is 0.462. The summed E-state index contributed by atoms with van der Waals surface area (Å²) in [6.07, 6.45) is 4.08. The molecule has 1 aromatic rings. The van der Waals surface area contributed by atoms with Crippen LogP contribution in [0.15, 0.2) is 24.5 Å². The number of carboxylic acids is 1. The zero-order valence-corrected chi connectivity index (χ0v) is 10.6. The van der Waals surface area contributed by atoms with Crippen molar-refractivity contribution in [3.8, 4) is 0 Å². The van der Waals surface area contributed by atoms with Crippen molar-refractivity contribution in [3.05, 3.63) is 30.1 Å². The molecule has 1 heterocycles. The van der Waals surface area contributed by atoms with Gasteiger partial charge >= 0.3 is 5.97 Å². The van der Waals surface area contributed by atoms with Crippen LogP contribution in [0.4, 0.5) is 0 Å². The first-order valence-electron chi connectivity index (χ1n) is 5.95. The molecule has 0 aliphatic heterocycles. The average molecular weight is 250 g/mol. The fourth-order valence-corrected chi connectivity index (χ4v) is 1.59. The summed E-state index contributed by atoms with van der Waals surface area (Å²) in [4.78, 5) is 26.7. The van der Waals surface area contributed by atoms with E-state index in [0.29, 0.717) is 6.42 Å². The Bertz CT molecular complexity index is 406. The SMILES string of the molecule is CC[C@H](C)[C@H](NC(=O)Cc1ccncc1)C(=O)O. The van der Waals surface area contributed by atoms with Crippen molar-refractivity contribution in [2.45, 2.75) is 32.7 Å². The molecule has 98 valence electrons. The molecule has 0 radical (unpaired) electrons. The van der Waals surface area contributed by atoms with Crippen LogP contribution >= 0.6 is 0 Å². The molecule has 5 nitrogen and oxygen atoms in total. The minimum atomic E-state index is -0.993. The highest BCUT2D eigenvalue weighted by Crippen LogP contribution is 2.08. The van der Waals surface area contributed by atoms with E-state index in [4.69, 9.17) is 5.11 Å². The predicted octanol–water partition coefficient (Wildman–Crippen LogP) is 1.24. The number of nitrogens with zero attached hydrogens (tertiary/aromatic N) is 1. The Balaban J connectivity index is 2.60. The summed E-state index contributed by atoms with van der Waals surface area (Å²) in [6.45, 7) is 3.71. The highest BCUT2D eigenvalue weighted by molar-refractivity contribution is 5.85. The van der Waals surface area contributed by atoms with Gasteiger partial charge in [0, 0.05) is 12.4 Å². The molecule has 0 aliphatic rings. The second kappa shape index (κ2) is 6.74. The van der Waals surface area contributed by atoms with Crippen molar-refractivity contribution in [2.75, 3.05) is 0 Å². The standard InChI is InChI=1S/C13H18N2O3/c1-3-9(2)12(13(17)18)15-11(16)8-10-4-6-14-7-5-10/h4-7,9,12H,3,8H2,1-2H3,(H,15,16)(H,17,18)/t9-,12-/m0/s1. The minimum Gasteiger partial charge on any atom is -0.480 e. The van der Waals surface area contributed by atoms with Crippen molar-refractivity contribution in [1.82, 2.24) is 10.3 Å². The monoisotopic (exact) mass is 250 g/mol. The lowest BCUT2D eigenvalue weighted by Crippen LogP contribution is -2.45. The summed E-state index contributed by atoms with van der Waals surface area (Å²) in [5, 5.41) is 11.6. The Kier molecular flexibility index (Phi) is 5.30. The molecule has 1 amide bonds. The minimum absolute atomic E-state index is 0.0936. The van der Waals surface area contributed by atoms with Gasteiger partial charge in [-0.15, -0.1) is 0 Å². The number of hydrogen-bond acceptors (Lipinski definition) is 3. The normalized spacial score (nSPS) is 13.7. The molecule has 0 bridgehead atoms. The van der Waals surface area contributed by atoms with Gasteiger partial charge in [-0.1, -0.05) is 20.3 Å². The van der Waals surface area contributed by atoms with Gasteiger partial charge in [0.1, 0.15) is 6.04 Å². The van der Waals surface area contributed by atoms with Crippen LogP contribution in [-0.2, 0) is 16.0 Å². The number of hydrogen-bond donors (Lipinski definition) is 2. The molecule has 0 aromatic carbocycles. The van der Waals surface area contributed by atoms with Crippen LogP contribution in [0.5, 0.6) is 0 Å². The van der Waals surface area contributed by atoms with Gasteiger partial charge in [-0.25, -0.2) is 4.79 Å². The molecule has 0 spiro atoms.